The number of carbonyl (C=O) groups excluding carboxylic acids is 1. The van der Waals surface area contributed by atoms with Gasteiger partial charge in [0, 0.05) is 42.7 Å². The highest BCUT2D eigenvalue weighted by atomic mass is 35.5. The summed E-state index contributed by atoms with van der Waals surface area (Å²) in [5.41, 5.74) is 5.65. The Kier molecular flexibility index (Phi) is 11.0. The molecule has 1 aromatic carbocycles. The van der Waals surface area contributed by atoms with Gasteiger partial charge in [0.2, 0.25) is 0 Å². The van der Waals surface area contributed by atoms with Gasteiger partial charge in [-0.25, -0.2) is 4.79 Å². The van der Waals surface area contributed by atoms with E-state index in [2.05, 4.69) is 24.1 Å². The molecule has 1 fully saturated rings. The molecule has 0 radical (unpaired) electrons. The van der Waals surface area contributed by atoms with E-state index < -0.39 is 17.7 Å². The molecule has 1 saturated heterocycles. The number of hydrogen-bond acceptors (Lipinski definition) is 8. The van der Waals surface area contributed by atoms with Gasteiger partial charge in [-0.2, -0.15) is 0 Å². The molecule has 0 bridgehead atoms. The number of ether oxygens (including phenoxy) is 3. The van der Waals surface area contributed by atoms with Crippen LogP contribution in [-0.2, 0) is 14.3 Å². The standard InChI is InChI=1S/C36H49ClN4O4/c1-23(2)44-34(42)33(45-35(5,6)7)31-25(4)39-22-27(32(31)41-17-14-36(8,9)15-18-41)29-12-11-26(21-40-29)38-16-19-43-30-13-10-24(3)20-28(30)37/h10-13,20-23,33,38H,14-19H2,1-9H3/t33-/m0/s1. The van der Waals surface area contributed by atoms with E-state index >= 15 is 0 Å². The first-order valence-electron chi connectivity index (χ1n) is 15.9. The van der Waals surface area contributed by atoms with Gasteiger partial charge in [0.25, 0.3) is 0 Å². The van der Waals surface area contributed by atoms with Gasteiger partial charge >= 0.3 is 5.97 Å². The Hall–Kier alpha value is -3.36. The molecule has 0 saturated carbocycles. The molecule has 0 unspecified atom stereocenters. The van der Waals surface area contributed by atoms with Gasteiger partial charge in [0.1, 0.15) is 12.4 Å². The number of pyridine rings is 2. The average molecular weight is 637 g/mol. The van der Waals surface area contributed by atoms with Crippen molar-refractivity contribution in [2.75, 3.05) is 36.5 Å². The molecule has 1 aliphatic heterocycles. The van der Waals surface area contributed by atoms with Gasteiger partial charge in [0.05, 0.1) is 40.0 Å². The van der Waals surface area contributed by atoms with Crippen LogP contribution in [0.5, 0.6) is 5.75 Å². The number of nitrogens with zero attached hydrogens (tertiary/aromatic N) is 3. The normalized spacial score (nSPS) is 15.6. The van der Waals surface area contributed by atoms with Gasteiger partial charge in [-0.1, -0.05) is 31.5 Å². The van der Waals surface area contributed by atoms with Crippen LogP contribution < -0.4 is 15.0 Å². The number of benzene rings is 1. The average Bonchev–Trinajstić information content (AvgIpc) is 2.95. The number of aromatic nitrogens is 2. The van der Waals surface area contributed by atoms with Crippen LogP contribution in [0, 0.1) is 19.3 Å². The second-order valence-electron chi connectivity index (χ2n) is 13.9. The minimum Gasteiger partial charge on any atom is -0.490 e. The fourth-order valence-electron chi connectivity index (χ4n) is 5.40. The number of rotatable bonds is 11. The van der Waals surface area contributed by atoms with Crippen molar-refractivity contribution >= 4 is 28.9 Å². The van der Waals surface area contributed by atoms with Gasteiger partial charge in [-0.05, 0) is 96.6 Å². The van der Waals surface area contributed by atoms with Crippen molar-refractivity contribution < 1.29 is 19.0 Å². The summed E-state index contributed by atoms with van der Waals surface area (Å²) in [6, 6.07) is 9.74. The summed E-state index contributed by atoms with van der Waals surface area (Å²) in [5.74, 6) is 0.252. The lowest BCUT2D eigenvalue weighted by Gasteiger charge is -2.41. The van der Waals surface area contributed by atoms with E-state index in [1.807, 2.05) is 91.2 Å². The van der Waals surface area contributed by atoms with Crippen LogP contribution in [0.4, 0.5) is 11.4 Å². The second-order valence-corrected chi connectivity index (χ2v) is 14.3. The molecule has 3 heterocycles. The van der Waals surface area contributed by atoms with E-state index in [4.69, 9.17) is 35.8 Å². The first kappa shape index (κ1) is 34.5. The molecule has 1 atom stereocenters. The third-order valence-corrected chi connectivity index (χ3v) is 8.13. The molecule has 9 heteroatoms. The number of halogens is 1. The van der Waals surface area contributed by atoms with Gasteiger partial charge in [0.15, 0.2) is 6.10 Å². The molecule has 2 aromatic heterocycles. The fraction of sp³-hybridized carbons (Fsp3) is 0.528. The van der Waals surface area contributed by atoms with E-state index in [0.29, 0.717) is 23.9 Å². The van der Waals surface area contributed by atoms with Crippen LogP contribution in [0.2, 0.25) is 5.02 Å². The lowest BCUT2D eigenvalue weighted by molar-refractivity contribution is -0.171. The summed E-state index contributed by atoms with van der Waals surface area (Å²) >= 11 is 6.30. The predicted octanol–water partition coefficient (Wildman–Crippen LogP) is 8.34. The smallest absolute Gasteiger partial charge is 0.340 e. The van der Waals surface area contributed by atoms with Crippen LogP contribution in [-0.4, -0.2) is 53.9 Å². The summed E-state index contributed by atoms with van der Waals surface area (Å²) in [7, 11) is 0. The van der Waals surface area contributed by atoms with Crippen molar-refractivity contribution in [3.8, 4) is 17.0 Å². The number of carbonyl (C=O) groups is 1. The number of hydrogen-bond donors (Lipinski definition) is 1. The van der Waals surface area contributed by atoms with Crippen LogP contribution in [0.1, 0.15) is 84.2 Å². The second kappa shape index (κ2) is 14.4. The Bertz CT molecular complexity index is 1460. The van der Waals surface area contributed by atoms with Crippen molar-refractivity contribution in [3.63, 3.8) is 0 Å². The van der Waals surface area contributed by atoms with Crippen LogP contribution in [0.3, 0.4) is 0 Å². The SMILES string of the molecule is Cc1ccc(OCCNc2ccc(-c3cnc(C)c([C@H](OC(C)(C)C)C(=O)OC(C)C)c3N3CCC(C)(C)CC3)nc2)c(Cl)c1. The fourth-order valence-corrected chi connectivity index (χ4v) is 5.69. The maximum atomic E-state index is 13.6. The molecule has 0 amide bonds. The van der Waals surface area contributed by atoms with Crippen LogP contribution >= 0.6 is 11.6 Å². The minimum absolute atomic E-state index is 0.247. The van der Waals surface area contributed by atoms with Gasteiger partial charge in [-0.3, -0.25) is 9.97 Å². The van der Waals surface area contributed by atoms with Gasteiger partial charge < -0.3 is 24.4 Å². The number of nitrogens with one attached hydrogen (secondary N) is 1. The summed E-state index contributed by atoms with van der Waals surface area (Å²) in [4.78, 5) is 25.6. The Labute approximate surface area is 273 Å². The Morgan fingerprint density at radius 1 is 1.07 bits per heavy atom. The van der Waals surface area contributed by atoms with Crippen molar-refractivity contribution in [3.05, 3.63) is 64.6 Å². The number of aryl methyl sites for hydroxylation is 2. The lowest BCUT2D eigenvalue weighted by Crippen LogP contribution is -2.39. The van der Waals surface area contributed by atoms with Crippen molar-refractivity contribution in [2.24, 2.45) is 5.41 Å². The summed E-state index contributed by atoms with van der Waals surface area (Å²) < 4.78 is 18.0. The highest BCUT2D eigenvalue weighted by Gasteiger charge is 2.37. The highest BCUT2D eigenvalue weighted by molar-refractivity contribution is 6.32. The zero-order valence-electron chi connectivity index (χ0n) is 28.3. The van der Waals surface area contributed by atoms with E-state index in [1.54, 1.807) is 0 Å². The number of piperidine rings is 1. The molecule has 244 valence electrons. The van der Waals surface area contributed by atoms with Crippen molar-refractivity contribution in [2.45, 2.75) is 93.0 Å². The molecule has 0 aliphatic carbocycles. The molecule has 8 nitrogen and oxygen atoms in total. The largest absolute Gasteiger partial charge is 0.490 e. The number of esters is 1. The maximum Gasteiger partial charge on any atom is 0.340 e. The Morgan fingerprint density at radius 3 is 2.38 bits per heavy atom. The zero-order chi connectivity index (χ0) is 32.9. The molecule has 45 heavy (non-hydrogen) atoms. The van der Waals surface area contributed by atoms with E-state index in [0.717, 1.165) is 65.4 Å². The first-order valence-corrected chi connectivity index (χ1v) is 16.2. The molecule has 1 aliphatic rings. The first-order chi connectivity index (χ1) is 21.1. The molecule has 3 aromatic rings. The van der Waals surface area contributed by atoms with Crippen LogP contribution in [0.25, 0.3) is 11.3 Å². The Morgan fingerprint density at radius 2 is 1.78 bits per heavy atom. The maximum absolute atomic E-state index is 13.6. The molecule has 1 N–H and O–H groups in total. The highest BCUT2D eigenvalue weighted by Crippen LogP contribution is 2.43. The van der Waals surface area contributed by atoms with Gasteiger partial charge in [-0.15, -0.1) is 0 Å². The lowest BCUT2D eigenvalue weighted by atomic mass is 9.82. The topological polar surface area (TPSA) is 85.8 Å². The van der Waals surface area contributed by atoms with E-state index in [-0.39, 0.29) is 11.5 Å². The zero-order valence-corrected chi connectivity index (χ0v) is 29.0. The third-order valence-electron chi connectivity index (χ3n) is 7.84. The minimum atomic E-state index is -0.937. The monoisotopic (exact) mass is 636 g/mol. The summed E-state index contributed by atoms with van der Waals surface area (Å²) in [5, 5.41) is 3.98. The van der Waals surface area contributed by atoms with Crippen molar-refractivity contribution in [1.82, 2.24) is 9.97 Å². The predicted molar refractivity (Wildman–Crippen MR) is 182 cm³/mol. The Balaban J connectivity index is 1.65. The molecule has 4 rings (SSSR count). The number of anilines is 2. The quantitative estimate of drug-likeness (QED) is 0.166. The third kappa shape index (κ3) is 9.33. The van der Waals surface area contributed by atoms with Crippen LogP contribution in [0.15, 0.2) is 42.7 Å². The summed E-state index contributed by atoms with van der Waals surface area (Å²) in [6.07, 6.45) is 4.52. The molecular weight excluding hydrogens is 588 g/mol. The summed E-state index contributed by atoms with van der Waals surface area (Å²) in [6.45, 7) is 20.8. The van der Waals surface area contributed by atoms with E-state index in [9.17, 15) is 4.79 Å². The molecule has 0 spiro atoms. The van der Waals surface area contributed by atoms with E-state index in [1.165, 1.54) is 0 Å². The van der Waals surface area contributed by atoms with Crippen molar-refractivity contribution in [1.29, 1.82) is 0 Å². The molecular formula is C36H49ClN4O4.